The fourth-order valence-corrected chi connectivity index (χ4v) is 1.29. The highest BCUT2D eigenvalue weighted by molar-refractivity contribution is 5.67. The summed E-state index contributed by atoms with van der Waals surface area (Å²) < 4.78 is 14.8. The van der Waals surface area contributed by atoms with Crippen LogP contribution in [0.2, 0.25) is 0 Å². The second-order valence-electron chi connectivity index (χ2n) is 3.93. The normalized spacial score (nSPS) is 10.9. The van der Waals surface area contributed by atoms with E-state index in [-0.39, 0.29) is 12.8 Å². The highest BCUT2D eigenvalue weighted by atomic mass is 19.1. The van der Waals surface area contributed by atoms with Crippen molar-refractivity contribution >= 4 is 5.97 Å². The van der Waals surface area contributed by atoms with Gasteiger partial charge in [-0.25, -0.2) is 4.68 Å². The number of carboxylic acid groups (broad SMARTS) is 1. The summed E-state index contributed by atoms with van der Waals surface area (Å²) in [5.41, 5.74) is 0.373. The van der Waals surface area contributed by atoms with Crippen LogP contribution < -0.4 is 0 Å². The molecule has 1 aromatic heterocycles. The van der Waals surface area contributed by atoms with Crippen LogP contribution in [0.3, 0.4) is 0 Å². The summed E-state index contributed by atoms with van der Waals surface area (Å²) in [4.78, 5) is 10.3. The number of aryl methyl sites for hydroxylation is 1. The Morgan fingerprint density at radius 1 is 1.67 bits per heavy atom. The Labute approximate surface area is 87.7 Å². The van der Waals surface area contributed by atoms with Gasteiger partial charge in [0, 0.05) is 18.5 Å². The first-order valence-corrected chi connectivity index (χ1v) is 4.92. The van der Waals surface area contributed by atoms with E-state index in [0.29, 0.717) is 18.0 Å². The van der Waals surface area contributed by atoms with E-state index in [1.165, 1.54) is 10.9 Å². The zero-order valence-electron chi connectivity index (χ0n) is 8.90. The lowest BCUT2D eigenvalue weighted by Gasteiger charge is -2.05. The maximum absolute atomic E-state index is 13.6. The Bertz CT molecular complexity index is 347. The summed E-state index contributed by atoms with van der Waals surface area (Å²) in [6.45, 7) is 4.45. The molecule has 1 rings (SSSR count). The summed E-state index contributed by atoms with van der Waals surface area (Å²) >= 11 is 0. The van der Waals surface area contributed by atoms with Gasteiger partial charge in [-0.3, -0.25) is 4.79 Å². The molecule has 0 spiro atoms. The molecule has 1 aromatic rings. The van der Waals surface area contributed by atoms with E-state index in [9.17, 15) is 9.18 Å². The summed E-state index contributed by atoms with van der Waals surface area (Å²) in [6, 6.07) is 0. The topological polar surface area (TPSA) is 55.1 Å². The Morgan fingerprint density at radius 2 is 2.33 bits per heavy atom. The number of hydrogen-bond donors (Lipinski definition) is 1. The van der Waals surface area contributed by atoms with Crippen LogP contribution in [0.1, 0.15) is 25.8 Å². The molecule has 0 amide bonds. The summed E-state index contributed by atoms with van der Waals surface area (Å²) in [5, 5.41) is 12.4. The van der Waals surface area contributed by atoms with Gasteiger partial charge in [-0.15, -0.1) is 0 Å². The van der Waals surface area contributed by atoms with Gasteiger partial charge < -0.3 is 5.11 Å². The average Bonchev–Trinajstić information content (AvgIpc) is 2.44. The zero-order valence-corrected chi connectivity index (χ0v) is 8.90. The van der Waals surface area contributed by atoms with Crippen LogP contribution in [0, 0.1) is 11.9 Å². The Balaban J connectivity index is 2.66. The Morgan fingerprint density at radius 3 is 2.87 bits per heavy atom. The van der Waals surface area contributed by atoms with Crippen molar-refractivity contribution in [3.05, 3.63) is 17.7 Å². The van der Waals surface area contributed by atoms with Crippen LogP contribution in [0.5, 0.6) is 0 Å². The van der Waals surface area contributed by atoms with E-state index in [0.717, 1.165) is 0 Å². The van der Waals surface area contributed by atoms with Crippen molar-refractivity contribution < 1.29 is 14.3 Å². The molecule has 15 heavy (non-hydrogen) atoms. The second kappa shape index (κ2) is 4.91. The lowest BCUT2D eigenvalue weighted by Crippen LogP contribution is -2.09. The van der Waals surface area contributed by atoms with Gasteiger partial charge in [0.25, 0.3) is 0 Å². The molecule has 0 aromatic carbocycles. The van der Waals surface area contributed by atoms with Crippen LogP contribution in [0.25, 0.3) is 0 Å². The van der Waals surface area contributed by atoms with Gasteiger partial charge in [0.05, 0.1) is 6.20 Å². The number of halogens is 1. The van der Waals surface area contributed by atoms with Crippen molar-refractivity contribution in [2.75, 3.05) is 0 Å². The van der Waals surface area contributed by atoms with Crippen molar-refractivity contribution in [3.63, 3.8) is 0 Å². The van der Waals surface area contributed by atoms with Crippen molar-refractivity contribution in [2.45, 2.75) is 33.2 Å². The highest BCUT2D eigenvalue weighted by Crippen LogP contribution is 2.10. The first kappa shape index (κ1) is 11.7. The first-order chi connectivity index (χ1) is 7.00. The smallest absolute Gasteiger partial charge is 0.303 e. The molecule has 0 saturated heterocycles. The molecule has 0 aliphatic heterocycles. The first-order valence-electron chi connectivity index (χ1n) is 4.92. The molecule has 0 saturated carbocycles. The Kier molecular flexibility index (Phi) is 3.82. The van der Waals surface area contributed by atoms with Crippen molar-refractivity contribution in [1.82, 2.24) is 9.78 Å². The maximum Gasteiger partial charge on any atom is 0.303 e. The van der Waals surface area contributed by atoms with E-state index < -0.39 is 11.9 Å². The van der Waals surface area contributed by atoms with Gasteiger partial charge in [0.2, 0.25) is 5.95 Å². The molecular weight excluding hydrogens is 199 g/mol. The van der Waals surface area contributed by atoms with Gasteiger partial charge in [-0.05, 0) is 12.3 Å². The minimum absolute atomic E-state index is 0.0652. The van der Waals surface area contributed by atoms with Crippen LogP contribution in [0.4, 0.5) is 4.39 Å². The molecule has 0 bridgehead atoms. The van der Waals surface area contributed by atoms with Crippen molar-refractivity contribution in [3.8, 4) is 0 Å². The predicted molar refractivity (Wildman–Crippen MR) is 53.0 cm³/mol. The fourth-order valence-electron chi connectivity index (χ4n) is 1.29. The highest BCUT2D eigenvalue weighted by Gasteiger charge is 2.12. The van der Waals surface area contributed by atoms with Crippen molar-refractivity contribution in [1.29, 1.82) is 0 Å². The summed E-state index contributed by atoms with van der Waals surface area (Å²) in [6.07, 6.45) is 1.53. The van der Waals surface area contributed by atoms with Crippen LogP contribution in [-0.4, -0.2) is 20.9 Å². The molecule has 1 heterocycles. The van der Waals surface area contributed by atoms with Gasteiger partial charge in [0.1, 0.15) is 0 Å². The Hall–Kier alpha value is -1.39. The molecule has 5 heteroatoms. The van der Waals surface area contributed by atoms with E-state index in [1.54, 1.807) is 0 Å². The SMILES string of the molecule is CC(C)Cn1ncc(CCC(=O)O)c1F. The minimum atomic E-state index is -0.925. The number of carbonyl (C=O) groups is 1. The third-order valence-electron chi connectivity index (χ3n) is 1.99. The largest absolute Gasteiger partial charge is 0.481 e. The molecule has 0 aliphatic carbocycles. The molecule has 84 valence electrons. The van der Waals surface area contributed by atoms with E-state index in [2.05, 4.69) is 5.10 Å². The monoisotopic (exact) mass is 214 g/mol. The number of carboxylic acids is 1. The van der Waals surface area contributed by atoms with Gasteiger partial charge >= 0.3 is 5.97 Å². The standard InChI is InChI=1S/C10H15FN2O2/c1-7(2)6-13-10(11)8(5-12-13)3-4-9(14)15/h5,7H,3-4,6H2,1-2H3,(H,14,15). The third kappa shape index (κ3) is 3.34. The average molecular weight is 214 g/mol. The molecule has 0 fully saturated rings. The van der Waals surface area contributed by atoms with Crippen LogP contribution >= 0.6 is 0 Å². The number of nitrogens with zero attached hydrogens (tertiary/aromatic N) is 2. The fraction of sp³-hybridized carbons (Fsp3) is 0.600. The molecule has 4 nitrogen and oxygen atoms in total. The molecule has 0 radical (unpaired) electrons. The third-order valence-corrected chi connectivity index (χ3v) is 1.99. The number of aliphatic carboxylic acids is 1. The predicted octanol–water partition coefficient (Wildman–Crippen LogP) is 1.70. The number of aromatic nitrogens is 2. The molecule has 1 N–H and O–H groups in total. The molecule has 0 atom stereocenters. The zero-order chi connectivity index (χ0) is 11.4. The van der Waals surface area contributed by atoms with Crippen molar-refractivity contribution in [2.24, 2.45) is 5.92 Å². The number of hydrogen-bond acceptors (Lipinski definition) is 2. The summed E-state index contributed by atoms with van der Waals surface area (Å²) in [5.74, 6) is -1.03. The van der Waals surface area contributed by atoms with Crippen LogP contribution in [-0.2, 0) is 17.8 Å². The maximum atomic E-state index is 13.6. The second-order valence-corrected chi connectivity index (χ2v) is 3.93. The van der Waals surface area contributed by atoms with Gasteiger partial charge in [0.15, 0.2) is 0 Å². The van der Waals surface area contributed by atoms with Gasteiger partial charge in [-0.2, -0.15) is 9.49 Å². The van der Waals surface area contributed by atoms with Gasteiger partial charge in [-0.1, -0.05) is 13.8 Å². The van der Waals surface area contributed by atoms with E-state index >= 15 is 0 Å². The quantitative estimate of drug-likeness (QED) is 0.811. The molecule has 0 unspecified atom stereocenters. The summed E-state index contributed by atoms with van der Waals surface area (Å²) in [7, 11) is 0. The number of rotatable bonds is 5. The molecule has 0 aliphatic rings. The lowest BCUT2D eigenvalue weighted by molar-refractivity contribution is -0.136. The van der Waals surface area contributed by atoms with Crippen LogP contribution in [0.15, 0.2) is 6.20 Å². The molecular formula is C10H15FN2O2. The van der Waals surface area contributed by atoms with E-state index in [4.69, 9.17) is 5.11 Å². The van der Waals surface area contributed by atoms with E-state index in [1.807, 2.05) is 13.8 Å². The lowest BCUT2D eigenvalue weighted by atomic mass is 10.2. The minimum Gasteiger partial charge on any atom is -0.481 e.